The van der Waals surface area contributed by atoms with E-state index in [1.807, 2.05) is 13.8 Å². The maximum atomic E-state index is 2.44. The largest absolute Gasteiger partial charge is 0.0837 e. The molecule has 0 nitrogen and oxygen atoms in total. The second-order valence-corrected chi connectivity index (χ2v) is 10.8. The van der Waals surface area contributed by atoms with Gasteiger partial charge in [-0.15, -0.1) is 0 Å². The van der Waals surface area contributed by atoms with E-state index in [1.165, 1.54) is 77.0 Å². The van der Waals surface area contributed by atoms with Gasteiger partial charge >= 0.3 is 0 Å². The number of hydrogen-bond acceptors (Lipinski definition) is 0. The zero-order valence-corrected chi connectivity index (χ0v) is 20.6. The quantitative estimate of drug-likeness (QED) is 0.380. The summed E-state index contributed by atoms with van der Waals surface area (Å²) < 4.78 is 0. The molecular formula is C29H50. The molecule has 0 aromatic heterocycles. The standard InChI is InChI=1S/2C11H16.C5H12.C2H6/c2*1-3-7-11(8-4-1)9-5-2-6-10-11;1-5(2,3)4;1-2/h2*1,3-4,7H,2,5-6,8-10H2;1-4H3;1-2H3. The maximum Gasteiger partial charge on any atom is -0.00805 e. The van der Waals surface area contributed by atoms with Gasteiger partial charge in [0.2, 0.25) is 0 Å². The van der Waals surface area contributed by atoms with Gasteiger partial charge in [0.1, 0.15) is 0 Å². The number of rotatable bonds is 0. The summed E-state index contributed by atoms with van der Waals surface area (Å²) in [6, 6.07) is 0. The Labute approximate surface area is 183 Å². The van der Waals surface area contributed by atoms with Crippen molar-refractivity contribution in [2.75, 3.05) is 0 Å². The third kappa shape index (κ3) is 11.1. The molecule has 0 unspecified atom stereocenters. The Balaban J connectivity index is 0.000000223. The fourth-order valence-corrected chi connectivity index (χ4v) is 4.67. The molecule has 0 bridgehead atoms. The van der Waals surface area contributed by atoms with Crippen molar-refractivity contribution in [3.63, 3.8) is 0 Å². The molecule has 0 amide bonds. The summed E-state index contributed by atoms with van der Waals surface area (Å²) >= 11 is 0. The minimum Gasteiger partial charge on any atom is -0.0837 e. The van der Waals surface area contributed by atoms with E-state index >= 15 is 0 Å². The third-order valence-electron chi connectivity index (χ3n) is 6.14. The first kappa shape index (κ1) is 26.0. The predicted octanol–water partition coefficient (Wildman–Crippen LogP) is 9.98. The van der Waals surface area contributed by atoms with Gasteiger partial charge in [0.15, 0.2) is 0 Å². The highest BCUT2D eigenvalue weighted by Gasteiger charge is 2.29. The minimum atomic E-state index is 0.500. The summed E-state index contributed by atoms with van der Waals surface area (Å²) in [6.45, 7) is 12.8. The van der Waals surface area contributed by atoms with E-state index in [1.54, 1.807) is 0 Å². The van der Waals surface area contributed by atoms with Gasteiger partial charge in [0.25, 0.3) is 0 Å². The van der Waals surface area contributed by atoms with Gasteiger partial charge in [-0.2, -0.15) is 0 Å². The molecule has 0 saturated heterocycles. The van der Waals surface area contributed by atoms with Crippen LogP contribution in [0.25, 0.3) is 0 Å². The van der Waals surface area contributed by atoms with E-state index in [9.17, 15) is 0 Å². The number of allylic oxidation sites excluding steroid dienone is 8. The molecule has 2 saturated carbocycles. The smallest absolute Gasteiger partial charge is 0.00805 e. The van der Waals surface area contributed by atoms with Crippen LogP contribution in [-0.4, -0.2) is 0 Å². The molecule has 0 heterocycles. The highest BCUT2D eigenvalue weighted by molar-refractivity contribution is 5.17. The Morgan fingerprint density at radius 1 is 0.517 bits per heavy atom. The zero-order chi connectivity index (χ0) is 21.6. The fourth-order valence-electron chi connectivity index (χ4n) is 4.67. The molecule has 2 spiro atoms. The van der Waals surface area contributed by atoms with Gasteiger partial charge in [0.05, 0.1) is 0 Å². The van der Waals surface area contributed by atoms with Gasteiger partial charge in [0, 0.05) is 0 Å². The highest BCUT2D eigenvalue weighted by Crippen LogP contribution is 2.43. The van der Waals surface area contributed by atoms with Crippen LogP contribution in [0.15, 0.2) is 48.6 Å². The molecule has 4 aliphatic carbocycles. The molecule has 0 aromatic carbocycles. The fraction of sp³-hybridized carbons (Fsp3) is 0.724. The lowest BCUT2D eigenvalue weighted by Gasteiger charge is -2.34. The summed E-state index contributed by atoms with van der Waals surface area (Å²) in [4.78, 5) is 0. The molecule has 29 heavy (non-hydrogen) atoms. The minimum absolute atomic E-state index is 0.500. The van der Waals surface area contributed by atoms with Crippen molar-refractivity contribution in [3.05, 3.63) is 48.6 Å². The Hall–Kier alpha value is -1.04. The van der Waals surface area contributed by atoms with Crippen molar-refractivity contribution in [1.82, 2.24) is 0 Å². The van der Waals surface area contributed by atoms with Crippen molar-refractivity contribution in [3.8, 4) is 0 Å². The Morgan fingerprint density at radius 3 is 1.07 bits per heavy atom. The summed E-state index contributed by atoms with van der Waals surface area (Å²) in [5.74, 6) is 0. The molecule has 0 radical (unpaired) electrons. The van der Waals surface area contributed by atoms with Crippen LogP contribution < -0.4 is 0 Å². The van der Waals surface area contributed by atoms with Crippen molar-refractivity contribution < 1.29 is 0 Å². The topological polar surface area (TPSA) is 0 Å². The molecule has 0 atom stereocenters. The van der Waals surface area contributed by atoms with Crippen molar-refractivity contribution in [2.24, 2.45) is 16.2 Å². The van der Waals surface area contributed by atoms with Crippen LogP contribution in [0.3, 0.4) is 0 Å². The summed E-state index contributed by atoms with van der Waals surface area (Å²) in [5.41, 5.74) is 1.68. The van der Waals surface area contributed by atoms with Crippen LogP contribution >= 0.6 is 0 Å². The lowest BCUT2D eigenvalue weighted by molar-refractivity contribution is 0.258. The summed E-state index contributed by atoms with van der Waals surface area (Å²) in [5, 5.41) is 0. The van der Waals surface area contributed by atoms with Gasteiger partial charge in [-0.25, -0.2) is 0 Å². The van der Waals surface area contributed by atoms with Crippen LogP contribution in [0.2, 0.25) is 0 Å². The Morgan fingerprint density at radius 2 is 0.828 bits per heavy atom. The van der Waals surface area contributed by atoms with Crippen LogP contribution in [0.4, 0.5) is 0 Å². The first-order valence-corrected chi connectivity index (χ1v) is 12.5. The van der Waals surface area contributed by atoms with Gasteiger partial charge in [-0.3, -0.25) is 0 Å². The van der Waals surface area contributed by atoms with Crippen LogP contribution in [0.5, 0.6) is 0 Å². The first-order chi connectivity index (χ1) is 13.8. The summed E-state index contributed by atoms with van der Waals surface area (Å²) in [6.07, 6.45) is 35.3. The third-order valence-corrected chi connectivity index (χ3v) is 6.14. The molecule has 2 fully saturated rings. The summed E-state index contributed by atoms with van der Waals surface area (Å²) in [7, 11) is 0. The highest BCUT2D eigenvalue weighted by atomic mass is 14.3. The molecule has 0 aliphatic heterocycles. The van der Waals surface area contributed by atoms with E-state index in [0.29, 0.717) is 16.2 Å². The zero-order valence-electron chi connectivity index (χ0n) is 20.6. The van der Waals surface area contributed by atoms with E-state index < -0.39 is 0 Å². The number of hydrogen-bond donors (Lipinski definition) is 0. The normalized spacial score (nSPS) is 23.2. The maximum absolute atomic E-state index is 2.44. The second kappa shape index (κ2) is 13.3. The van der Waals surface area contributed by atoms with E-state index in [-0.39, 0.29) is 0 Å². The lowest BCUT2D eigenvalue weighted by Crippen LogP contribution is -2.21. The average Bonchev–Trinajstić information content (AvgIpc) is 2.71. The molecule has 4 aliphatic rings. The molecule has 0 aromatic rings. The Kier molecular flexibility index (Phi) is 11.9. The first-order valence-electron chi connectivity index (χ1n) is 12.5. The van der Waals surface area contributed by atoms with Gasteiger partial charge in [-0.05, 0) is 54.8 Å². The van der Waals surface area contributed by atoms with E-state index in [4.69, 9.17) is 0 Å². The molecule has 0 N–H and O–H groups in total. The van der Waals surface area contributed by atoms with Gasteiger partial charge in [-0.1, -0.05) is 129 Å². The average molecular weight is 399 g/mol. The van der Waals surface area contributed by atoms with Crippen molar-refractivity contribution in [2.45, 2.75) is 119 Å². The van der Waals surface area contributed by atoms with Crippen LogP contribution in [0, 0.1) is 16.2 Å². The van der Waals surface area contributed by atoms with Crippen LogP contribution in [0.1, 0.15) is 119 Å². The second-order valence-electron chi connectivity index (χ2n) is 10.8. The Bertz CT molecular complexity index is 473. The molecular weight excluding hydrogens is 348 g/mol. The van der Waals surface area contributed by atoms with Crippen LogP contribution in [-0.2, 0) is 0 Å². The van der Waals surface area contributed by atoms with E-state index in [2.05, 4.69) is 76.3 Å². The molecule has 0 heteroatoms. The van der Waals surface area contributed by atoms with Crippen molar-refractivity contribution in [1.29, 1.82) is 0 Å². The molecule has 4 rings (SSSR count). The van der Waals surface area contributed by atoms with Crippen molar-refractivity contribution >= 4 is 0 Å². The SMILES string of the molecule is C1=CCC2(C=C1)CCCCC2.C1=CCC2(C=C1)CCCCC2.CC.CC(C)(C)C. The van der Waals surface area contributed by atoms with E-state index in [0.717, 1.165) is 0 Å². The monoisotopic (exact) mass is 398 g/mol. The predicted molar refractivity (Wildman–Crippen MR) is 133 cm³/mol. The lowest BCUT2D eigenvalue weighted by atomic mass is 9.70. The molecule has 166 valence electrons. The van der Waals surface area contributed by atoms with Gasteiger partial charge < -0.3 is 0 Å².